The van der Waals surface area contributed by atoms with Crippen LogP contribution in [0.3, 0.4) is 0 Å². The lowest BCUT2D eigenvalue weighted by atomic mass is 10.3. The molecule has 0 unspecified atom stereocenters. The lowest BCUT2D eigenvalue weighted by Gasteiger charge is -2.06. The molecule has 0 aliphatic rings. The summed E-state index contributed by atoms with van der Waals surface area (Å²) in [7, 11) is 0. The van der Waals surface area contributed by atoms with Gasteiger partial charge in [-0.2, -0.15) is 0 Å². The molecule has 3 aromatic heterocycles. The Labute approximate surface area is 106 Å². The van der Waals surface area contributed by atoms with Crippen molar-refractivity contribution in [3.8, 4) is 0 Å². The van der Waals surface area contributed by atoms with E-state index >= 15 is 0 Å². The van der Waals surface area contributed by atoms with Crippen molar-refractivity contribution in [2.75, 3.05) is 0 Å². The van der Waals surface area contributed by atoms with Crippen LogP contribution >= 0.6 is 0 Å². The van der Waals surface area contributed by atoms with E-state index in [1.165, 1.54) is 0 Å². The summed E-state index contributed by atoms with van der Waals surface area (Å²) < 4.78 is 4.25. The number of pyridine rings is 1. The first-order chi connectivity index (χ1) is 8.90. The molecular formula is C15H15N3. The molecule has 0 atom stereocenters. The molecular weight excluding hydrogens is 222 g/mol. The highest BCUT2D eigenvalue weighted by atomic mass is 15.0. The summed E-state index contributed by atoms with van der Waals surface area (Å²) in [5, 5.41) is 0. The molecule has 18 heavy (non-hydrogen) atoms. The second-order valence-corrected chi connectivity index (χ2v) is 4.33. The molecule has 0 bridgehead atoms. The van der Waals surface area contributed by atoms with Crippen molar-refractivity contribution in [2.45, 2.75) is 13.1 Å². The molecule has 3 nitrogen and oxygen atoms in total. The average molecular weight is 237 g/mol. The fraction of sp³-hybridized carbons (Fsp3) is 0.133. The molecule has 0 amide bonds. The number of hydrogen-bond donors (Lipinski definition) is 0. The van der Waals surface area contributed by atoms with E-state index in [1.54, 1.807) is 0 Å². The van der Waals surface area contributed by atoms with E-state index in [4.69, 9.17) is 0 Å². The van der Waals surface area contributed by atoms with Crippen molar-refractivity contribution in [1.82, 2.24) is 14.1 Å². The lowest BCUT2D eigenvalue weighted by molar-refractivity contribution is 0.741. The Balaban J connectivity index is 1.76. The molecule has 0 aliphatic carbocycles. The molecule has 0 aromatic carbocycles. The largest absolute Gasteiger partial charge is 0.348 e. The molecule has 0 radical (unpaired) electrons. The van der Waals surface area contributed by atoms with Crippen LogP contribution in [0.1, 0.15) is 11.4 Å². The number of rotatable bonds is 4. The highest BCUT2D eigenvalue weighted by Crippen LogP contribution is 2.05. The normalized spacial score (nSPS) is 10.7. The highest BCUT2D eigenvalue weighted by Gasteiger charge is 1.99. The predicted molar refractivity (Wildman–Crippen MR) is 71.3 cm³/mol. The molecule has 90 valence electrons. The molecule has 0 spiro atoms. The van der Waals surface area contributed by atoms with E-state index in [1.807, 2.05) is 24.3 Å². The molecule has 0 N–H and O–H groups in total. The van der Waals surface area contributed by atoms with Gasteiger partial charge in [-0.05, 0) is 36.4 Å². The Morgan fingerprint density at radius 2 is 1.11 bits per heavy atom. The maximum atomic E-state index is 4.68. The average Bonchev–Trinajstić information content (AvgIpc) is 3.03. The van der Waals surface area contributed by atoms with Crippen molar-refractivity contribution in [3.05, 3.63) is 78.6 Å². The molecule has 0 aliphatic heterocycles. The van der Waals surface area contributed by atoms with E-state index in [2.05, 4.69) is 57.1 Å². The Kier molecular flexibility index (Phi) is 2.96. The Morgan fingerprint density at radius 1 is 0.667 bits per heavy atom. The summed E-state index contributed by atoms with van der Waals surface area (Å²) in [6, 6.07) is 14.3. The molecule has 0 saturated carbocycles. The standard InChI is InChI=1S/C15H15N3/c1-2-9-17(8-1)12-14-6-5-7-15(16-14)13-18-10-3-4-11-18/h1-11H,12-13H2. The van der Waals surface area contributed by atoms with Crippen molar-refractivity contribution < 1.29 is 0 Å². The van der Waals surface area contributed by atoms with Crippen LogP contribution in [0.25, 0.3) is 0 Å². The second kappa shape index (κ2) is 4.92. The third-order valence-corrected chi connectivity index (χ3v) is 2.89. The number of nitrogens with zero attached hydrogens (tertiary/aromatic N) is 3. The van der Waals surface area contributed by atoms with Crippen LogP contribution in [0.5, 0.6) is 0 Å². The van der Waals surface area contributed by atoms with Gasteiger partial charge in [0, 0.05) is 24.8 Å². The maximum absolute atomic E-state index is 4.68. The minimum atomic E-state index is 0.826. The topological polar surface area (TPSA) is 22.8 Å². The van der Waals surface area contributed by atoms with Gasteiger partial charge in [-0.15, -0.1) is 0 Å². The summed E-state index contributed by atoms with van der Waals surface area (Å²) in [6.07, 6.45) is 8.22. The van der Waals surface area contributed by atoms with Gasteiger partial charge in [-0.1, -0.05) is 6.07 Å². The van der Waals surface area contributed by atoms with Gasteiger partial charge in [-0.25, -0.2) is 0 Å². The zero-order valence-corrected chi connectivity index (χ0v) is 10.1. The van der Waals surface area contributed by atoms with Gasteiger partial charge in [-0.3, -0.25) is 4.98 Å². The van der Waals surface area contributed by atoms with Gasteiger partial charge in [0.15, 0.2) is 0 Å². The van der Waals surface area contributed by atoms with E-state index in [9.17, 15) is 0 Å². The lowest BCUT2D eigenvalue weighted by Crippen LogP contribution is -2.04. The van der Waals surface area contributed by atoms with Crippen molar-refractivity contribution >= 4 is 0 Å². The summed E-state index contributed by atoms with van der Waals surface area (Å²) >= 11 is 0. The molecule has 0 saturated heterocycles. The Hall–Kier alpha value is -2.29. The summed E-state index contributed by atoms with van der Waals surface area (Å²) in [4.78, 5) is 4.68. The van der Waals surface area contributed by atoms with Crippen molar-refractivity contribution in [3.63, 3.8) is 0 Å². The van der Waals surface area contributed by atoms with Crippen LogP contribution in [-0.4, -0.2) is 14.1 Å². The molecule has 3 rings (SSSR count). The minimum Gasteiger partial charge on any atom is -0.348 e. The number of aromatic nitrogens is 3. The Bertz CT molecular complexity index is 543. The fourth-order valence-electron chi connectivity index (χ4n) is 2.03. The minimum absolute atomic E-state index is 0.826. The van der Waals surface area contributed by atoms with E-state index in [-0.39, 0.29) is 0 Å². The van der Waals surface area contributed by atoms with Crippen LogP contribution in [0, 0.1) is 0 Å². The zero-order chi connectivity index (χ0) is 12.2. The summed E-state index contributed by atoms with van der Waals surface area (Å²) in [5.74, 6) is 0. The van der Waals surface area contributed by atoms with Crippen molar-refractivity contribution in [2.24, 2.45) is 0 Å². The van der Waals surface area contributed by atoms with Crippen LogP contribution in [-0.2, 0) is 13.1 Å². The monoisotopic (exact) mass is 237 g/mol. The van der Waals surface area contributed by atoms with E-state index < -0.39 is 0 Å². The number of hydrogen-bond acceptors (Lipinski definition) is 1. The second-order valence-electron chi connectivity index (χ2n) is 4.33. The van der Waals surface area contributed by atoms with Gasteiger partial charge in [0.2, 0.25) is 0 Å². The smallest absolute Gasteiger partial charge is 0.0642 e. The maximum Gasteiger partial charge on any atom is 0.0642 e. The molecule has 3 heteroatoms. The van der Waals surface area contributed by atoms with Crippen LogP contribution in [0.2, 0.25) is 0 Å². The van der Waals surface area contributed by atoms with Gasteiger partial charge in [0.05, 0.1) is 24.5 Å². The molecule has 0 fully saturated rings. The summed E-state index contributed by atoms with van der Waals surface area (Å²) in [6.45, 7) is 1.65. The third kappa shape index (κ3) is 2.51. The van der Waals surface area contributed by atoms with E-state index in [0.717, 1.165) is 24.5 Å². The molecule has 3 heterocycles. The zero-order valence-electron chi connectivity index (χ0n) is 10.1. The third-order valence-electron chi connectivity index (χ3n) is 2.89. The predicted octanol–water partition coefficient (Wildman–Crippen LogP) is 2.78. The van der Waals surface area contributed by atoms with Gasteiger partial charge in [0.25, 0.3) is 0 Å². The molecule has 3 aromatic rings. The van der Waals surface area contributed by atoms with Crippen LogP contribution < -0.4 is 0 Å². The van der Waals surface area contributed by atoms with E-state index in [0.29, 0.717) is 0 Å². The SMILES string of the molecule is c1cc(Cn2cccc2)nc(Cn2cccc2)c1. The fourth-order valence-corrected chi connectivity index (χ4v) is 2.03. The first-order valence-corrected chi connectivity index (χ1v) is 6.06. The van der Waals surface area contributed by atoms with Crippen LogP contribution in [0.15, 0.2) is 67.3 Å². The quantitative estimate of drug-likeness (QED) is 0.684. The van der Waals surface area contributed by atoms with Gasteiger partial charge >= 0.3 is 0 Å². The Morgan fingerprint density at radius 3 is 1.56 bits per heavy atom. The first kappa shape index (κ1) is 10.8. The van der Waals surface area contributed by atoms with Crippen LogP contribution in [0.4, 0.5) is 0 Å². The summed E-state index contributed by atoms with van der Waals surface area (Å²) in [5.41, 5.74) is 2.19. The highest BCUT2D eigenvalue weighted by molar-refractivity contribution is 5.13. The first-order valence-electron chi connectivity index (χ1n) is 6.06. The van der Waals surface area contributed by atoms with Gasteiger partial charge < -0.3 is 9.13 Å². The van der Waals surface area contributed by atoms with Gasteiger partial charge in [0.1, 0.15) is 0 Å². The van der Waals surface area contributed by atoms with Crippen molar-refractivity contribution in [1.29, 1.82) is 0 Å².